The maximum atomic E-state index is 12.6. The number of nitrogens with one attached hydrogen (secondary N) is 1. The maximum absolute atomic E-state index is 12.6. The molecule has 0 aliphatic carbocycles. The predicted octanol–water partition coefficient (Wildman–Crippen LogP) is 5.48. The fourth-order valence-electron chi connectivity index (χ4n) is 4.06. The third-order valence-corrected chi connectivity index (χ3v) is 6.85. The van der Waals surface area contributed by atoms with Gasteiger partial charge < -0.3 is 9.30 Å². The Kier molecular flexibility index (Phi) is 6.06. The standard InChI is InChI=1S/C26H25N5O2S/c1-3-17(2)18-8-10-20(11-9-18)33-13-12-30-15-19(21-6-4-5-7-23(21)30)14-22-24(27)31-26(29-25(22)32)34-16-28-31/h4-11,14-17,27H,3,12-13H2,1-2H3/b22-14-,27-24?/t17-/m1/s1. The first kappa shape index (κ1) is 22.2. The largest absolute Gasteiger partial charge is 0.492 e. The van der Waals surface area contributed by atoms with Gasteiger partial charge in [0, 0.05) is 22.7 Å². The number of benzene rings is 2. The molecule has 34 heavy (non-hydrogen) atoms. The average molecular weight is 472 g/mol. The monoisotopic (exact) mass is 471 g/mol. The molecule has 5 rings (SSSR count). The van der Waals surface area contributed by atoms with Gasteiger partial charge in [0.25, 0.3) is 5.91 Å². The van der Waals surface area contributed by atoms with E-state index in [9.17, 15) is 4.79 Å². The van der Waals surface area contributed by atoms with E-state index in [-0.39, 0.29) is 11.4 Å². The minimum absolute atomic E-state index is 0.0391. The zero-order chi connectivity index (χ0) is 23.7. The number of amidine groups is 2. The maximum Gasteiger partial charge on any atom is 0.283 e. The van der Waals surface area contributed by atoms with Gasteiger partial charge in [-0.1, -0.05) is 44.2 Å². The normalized spacial score (nSPS) is 17.4. The number of aliphatic imine (C=N–C) groups is 1. The highest BCUT2D eigenvalue weighted by molar-refractivity contribution is 8.25. The van der Waals surface area contributed by atoms with E-state index < -0.39 is 5.91 Å². The molecule has 3 heterocycles. The average Bonchev–Trinajstić information content (AvgIpc) is 3.47. The Labute approximate surface area is 202 Å². The molecule has 0 bridgehead atoms. The second-order valence-electron chi connectivity index (χ2n) is 8.28. The molecule has 2 aromatic carbocycles. The Bertz CT molecular complexity index is 1350. The molecule has 0 saturated carbocycles. The van der Waals surface area contributed by atoms with Gasteiger partial charge in [0.2, 0.25) is 0 Å². The third kappa shape index (κ3) is 4.17. The zero-order valence-corrected chi connectivity index (χ0v) is 19.9. The number of fused-ring (bicyclic) bond motifs is 2. The highest BCUT2D eigenvalue weighted by Crippen LogP contribution is 2.28. The lowest BCUT2D eigenvalue weighted by atomic mass is 9.99. The van der Waals surface area contributed by atoms with Crippen molar-refractivity contribution in [1.82, 2.24) is 9.58 Å². The number of hydrazone groups is 1. The van der Waals surface area contributed by atoms with Crippen LogP contribution in [0.15, 0.2) is 70.4 Å². The van der Waals surface area contributed by atoms with Gasteiger partial charge in [-0.3, -0.25) is 10.2 Å². The Balaban J connectivity index is 1.36. The summed E-state index contributed by atoms with van der Waals surface area (Å²) in [7, 11) is 0. The molecule has 0 spiro atoms. The first-order chi connectivity index (χ1) is 16.5. The predicted molar refractivity (Wildman–Crippen MR) is 139 cm³/mol. The summed E-state index contributed by atoms with van der Waals surface area (Å²) < 4.78 is 8.12. The van der Waals surface area contributed by atoms with E-state index in [4.69, 9.17) is 10.1 Å². The molecule has 2 aliphatic heterocycles. The van der Waals surface area contributed by atoms with Crippen LogP contribution in [0, 0.1) is 5.41 Å². The van der Waals surface area contributed by atoms with Gasteiger partial charge in [-0.05, 0) is 53.9 Å². The van der Waals surface area contributed by atoms with Crippen LogP contribution in [-0.4, -0.2) is 38.6 Å². The van der Waals surface area contributed by atoms with Gasteiger partial charge in [0.15, 0.2) is 11.0 Å². The van der Waals surface area contributed by atoms with Crippen molar-refractivity contribution >= 4 is 51.2 Å². The lowest BCUT2D eigenvalue weighted by Crippen LogP contribution is -2.35. The fourth-order valence-corrected chi connectivity index (χ4v) is 4.67. The molecule has 1 atom stereocenters. The van der Waals surface area contributed by atoms with Crippen molar-refractivity contribution in [2.45, 2.75) is 32.7 Å². The van der Waals surface area contributed by atoms with Crippen molar-refractivity contribution in [3.63, 3.8) is 0 Å². The molecular weight excluding hydrogens is 446 g/mol. The van der Waals surface area contributed by atoms with Crippen molar-refractivity contribution in [2.75, 3.05) is 6.61 Å². The second kappa shape index (κ2) is 9.30. The molecule has 1 N–H and O–H groups in total. The van der Waals surface area contributed by atoms with Gasteiger partial charge in [-0.25, -0.2) is 0 Å². The molecule has 172 valence electrons. The van der Waals surface area contributed by atoms with Crippen LogP contribution < -0.4 is 4.74 Å². The Hall–Kier alpha value is -3.65. The number of thioether (sulfide) groups is 1. The number of para-hydroxylation sites is 1. The SMILES string of the molecule is CC[C@@H](C)c1ccc(OCCn2cc(/C=C3/C(=N)N4N=CSC4=NC3=O)c3ccccc32)cc1. The van der Waals surface area contributed by atoms with E-state index in [1.807, 2.05) is 42.6 Å². The van der Waals surface area contributed by atoms with Gasteiger partial charge >= 0.3 is 0 Å². The number of hydrogen-bond donors (Lipinski definition) is 1. The van der Waals surface area contributed by atoms with Crippen LogP contribution in [0.5, 0.6) is 5.75 Å². The summed E-state index contributed by atoms with van der Waals surface area (Å²) in [6.45, 7) is 5.58. The van der Waals surface area contributed by atoms with Crippen molar-refractivity contribution in [3.8, 4) is 5.75 Å². The molecule has 8 heteroatoms. The number of carbonyl (C=O) groups excluding carboxylic acids is 1. The summed E-state index contributed by atoms with van der Waals surface area (Å²) in [5, 5.41) is 15.4. The summed E-state index contributed by atoms with van der Waals surface area (Å²) in [6, 6.07) is 16.3. The van der Waals surface area contributed by atoms with Crippen LogP contribution in [0.25, 0.3) is 17.0 Å². The molecule has 7 nitrogen and oxygen atoms in total. The number of hydrogen-bond acceptors (Lipinski definition) is 5. The number of nitrogens with zero attached hydrogens (tertiary/aromatic N) is 4. The van der Waals surface area contributed by atoms with Crippen molar-refractivity contribution in [3.05, 3.63) is 71.4 Å². The molecule has 0 fully saturated rings. The summed E-state index contributed by atoms with van der Waals surface area (Å²) in [5.41, 5.74) is 5.02. The lowest BCUT2D eigenvalue weighted by Gasteiger charge is -2.20. The van der Waals surface area contributed by atoms with Crippen molar-refractivity contribution in [2.24, 2.45) is 10.1 Å². The molecular formula is C26H25N5O2S. The van der Waals surface area contributed by atoms with E-state index >= 15 is 0 Å². The van der Waals surface area contributed by atoms with Crippen molar-refractivity contribution < 1.29 is 9.53 Å². The molecule has 0 saturated heterocycles. The minimum atomic E-state index is -0.421. The Morgan fingerprint density at radius 1 is 1.18 bits per heavy atom. The molecule has 2 aliphatic rings. The highest BCUT2D eigenvalue weighted by Gasteiger charge is 2.32. The van der Waals surface area contributed by atoms with Crippen LogP contribution in [0.1, 0.15) is 37.3 Å². The van der Waals surface area contributed by atoms with E-state index in [1.165, 1.54) is 22.3 Å². The van der Waals surface area contributed by atoms with Crippen LogP contribution in [0.4, 0.5) is 0 Å². The first-order valence-corrected chi connectivity index (χ1v) is 12.2. The number of carbonyl (C=O) groups is 1. The second-order valence-corrected chi connectivity index (χ2v) is 9.09. The fraction of sp³-hybridized carbons (Fsp3) is 0.231. The molecule has 1 aromatic heterocycles. The van der Waals surface area contributed by atoms with Crippen LogP contribution in [0.2, 0.25) is 0 Å². The topological polar surface area (TPSA) is 83.0 Å². The van der Waals surface area contributed by atoms with Gasteiger partial charge in [-0.15, -0.1) is 0 Å². The third-order valence-electron chi connectivity index (χ3n) is 6.18. The van der Waals surface area contributed by atoms with Crippen LogP contribution >= 0.6 is 11.8 Å². The van der Waals surface area contributed by atoms with E-state index in [0.717, 1.165) is 28.6 Å². The van der Waals surface area contributed by atoms with E-state index in [0.29, 0.717) is 24.2 Å². The molecule has 0 unspecified atom stereocenters. The minimum Gasteiger partial charge on any atom is -0.492 e. The molecule has 3 aromatic rings. The van der Waals surface area contributed by atoms with Crippen LogP contribution in [-0.2, 0) is 11.3 Å². The van der Waals surface area contributed by atoms with Gasteiger partial charge in [0.1, 0.15) is 12.4 Å². The molecule has 1 amide bonds. The molecule has 0 radical (unpaired) electrons. The van der Waals surface area contributed by atoms with Gasteiger partial charge in [0.05, 0.1) is 17.7 Å². The summed E-state index contributed by atoms with van der Waals surface area (Å²) in [5.74, 6) is 1.01. The number of aromatic nitrogens is 1. The van der Waals surface area contributed by atoms with E-state index in [1.54, 1.807) is 11.6 Å². The first-order valence-electron chi connectivity index (χ1n) is 11.3. The Morgan fingerprint density at radius 2 is 1.97 bits per heavy atom. The lowest BCUT2D eigenvalue weighted by molar-refractivity contribution is -0.114. The number of ether oxygens (including phenoxy) is 1. The number of amides is 1. The smallest absolute Gasteiger partial charge is 0.283 e. The Morgan fingerprint density at radius 3 is 2.76 bits per heavy atom. The quantitative estimate of drug-likeness (QED) is 0.462. The zero-order valence-electron chi connectivity index (χ0n) is 19.1. The van der Waals surface area contributed by atoms with E-state index in [2.05, 4.69) is 40.6 Å². The summed E-state index contributed by atoms with van der Waals surface area (Å²) >= 11 is 1.24. The van der Waals surface area contributed by atoms with Crippen molar-refractivity contribution in [1.29, 1.82) is 5.41 Å². The summed E-state index contributed by atoms with van der Waals surface area (Å²) in [4.78, 5) is 16.7. The van der Waals surface area contributed by atoms with Crippen LogP contribution in [0.3, 0.4) is 0 Å². The van der Waals surface area contributed by atoms with Gasteiger partial charge in [-0.2, -0.15) is 15.1 Å². The number of rotatable bonds is 7. The summed E-state index contributed by atoms with van der Waals surface area (Å²) in [6.07, 6.45) is 4.84. The highest BCUT2D eigenvalue weighted by atomic mass is 32.2.